The molecule has 0 spiro atoms. The molecule has 1 saturated heterocycles. The van der Waals surface area contributed by atoms with Crippen LogP contribution < -0.4 is 16.0 Å². The van der Waals surface area contributed by atoms with Crippen molar-refractivity contribution in [2.45, 2.75) is 25.8 Å². The molecule has 8 nitrogen and oxygen atoms in total. The van der Waals surface area contributed by atoms with Crippen molar-refractivity contribution in [2.75, 3.05) is 31.1 Å². The first-order valence-electron chi connectivity index (χ1n) is 8.56. The van der Waals surface area contributed by atoms with E-state index in [1.807, 2.05) is 12.1 Å². The summed E-state index contributed by atoms with van der Waals surface area (Å²) in [7, 11) is 0. The van der Waals surface area contributed by atoms with Gasteiger partial charge < -0.3 is 20.7 Å². The molecule has 1 aromatic carbocycles. The Morgan fingerprint density at radius 2 is 2.00 bits per heavy atom. The van der Waals surface area contributed by atoms with Gasteiger partial charge in [-0.05, 0) is 31.0 Å². The highest BCUT2D eigenvalue weighted by molar-refractivity contribution is 6.04. The van der Waals surface area contributed by atoms with Gasteiger partial charge in [-0.2, -0.15) is 0 Å². The molecule has 2 rings (SSSR count). The first-order valence-corrected chi connectivity index (χ1v) is 8.56. The van der Waals surface area contributed by atoms with E-state index in [2.05, 4.69) is 10.2 Å². The topological polar surface area (TPSA) is 113 Å². The van der Waals surface area contributed by atoms with Gasteiger partial charge in [0.25, 0.3) is 5.91 Å². The molecule has 1 aliphatic rings. The lowest BCUT2D eigenvalue weighted by Crippen LogP contribution is -2.47. The number of carbonyl (C=O) groups excluding carboxylic acids is 4. The van der Waals surface area contributed by atoms with Gasteiger partial charge in [0.05, 0.1) is 0 Å². The summed E-state index contributed by atoms with van der Waals surface area (Å²) in [5.74, 6) is -1.41. The number of imide groups is 1. The van der Waals surface area contributed by atoms with Crippen molar-refractivity contribution in [2.24, 2.45) is 5.73 Å². The summed E-state index contributed by atoms with van der Waals surface area (Å²) in [5, 5.41) is 3.26. The van der Waals surface area contributed by atoms with Crippen LogP contribution in [0.5, 0.6) is 0 Å². The second-order valence-electron chi connectivity index (χ2n) is 6.22. The van der Waals surface area contributed by atoms with Gasteiger partial charge in [0.1, 0.15) is 12.3 Å². The third-order valence-corrected chi connectivity index (χ3v) is 4.50. The van der Waals surface area contributed by atoms with Gasteiger partial charge in [-0.3, -0.25) is 19.3 Å². The van der Waals surface area contributed by atoms with E-state index in [4.69, 9.17) is 5.73 Å². The molecule has 1 aliphatic heterocycles. The highest BCUT2D eigenvalue weighted by Crippen LogP contribution is 2.22. The van der Waals surface area contributed by atoms with Crippen LogP contribution in [0.25, 0.3) is 0 Å². The van der Waals surface area contributed by atoms with Crippen LogP contribution in [0.2, 0.25) is 0 Å². The minimum absolute atomic E-state index is 0.0137. The molecular weight excluding hydrogens is 336 g/mol. The standard InChI is InChI=1S/C18H24N4O4/c1-13-4-5-14(21-8-6-20-7-9-21)11-15(13)18(26)22(12-24)16(17(19)25)3-2-10-23/h4-5,10-12,16,20H,2-3,6-9H2,1H3,(H2,19,25). The van der Waals surface area contributed by atoms with Crippen molar-refractivity contribution in [3.63, 3.8) is 0 Å². The Morgan fingerprint density at radius 3 is 2.58 bits per heavy atom. The normalized spacial score (nSPS) is 15.2. The van der Waals surface area contributed by atoms with Crippen LogP contribution in [-0.2, 0) is 14.4 Å². The van der Waals surface area contributed by atoms with Gasteiger partial charge >= 0.3 is 0 Å². The Labute approximate surface area is 152 Å². The average Bonchev–Trinajstić information content (AvgIpc) is 2.65. The van der Waals surface area contributed by atoms with E-state index in [0.29, 0.717) is 23.8 Å². The highest BCUT2D eigenvalue weighted by Gasteiger charge is 2.29. The summed E-state index contributed by atoms with van der Waals surface area (Å²) < 4.78 is 0. The first kappa shape index (κ1) is 19.6. The number of carbonyl (C=O) groups is 4. The molecule has 0 bridgehead atoms. The fourth-order valence-electron chi connectivity index (χ4n) is 3.01. The number of amides is 3. The number of nitrogens with zero attached hydrogens (tertiary/aromatic N) is 2. The van der Waals surface area contributed by atoms with Gasteiger partial charge in [0, 0.05) is 43.9 Å². The molecule has 3 amide bonds. The molecule has 1 atom stereocenters. The van der Waals surface area contributed by atoms with Crippen LogP contribution in [0.4, 0.5) is 5.69 Å². The van der Waals surface area contributed by atoms with E-state index < -0.39 is 17.9 Å². The predicted octanol–water partition coefficient (Wildman–Crippen LogP) is -0.164. The SMILES string of the molecule is Cc1ccc(N2CCNCC2)cc1C(=O)N(C=O)C(CCC=O)C(N)=O. The van der Waals surface area contributed by atoms with Crippen molar-refractivity contribution in [3.8, 4) is 0 Å². The number of primary amides is 1. The summed E-state index contributed by atoms with van der Waals surface area (Å²) >= 11 is 0. The molecule has 3 N–H and O–H groups in total. The van der Waals surface area contributed by atoms with Crippen LogP contribution in [0.15, 0.2) is 18.2 Å². The number of piperazine rings is 1. The molecule has 0 aromatic heterocycles. The fraction of sp³-hybridized carbons (Fsp3) is 0.444. The summed E-state index contributed by atoms with van der Waals surface area (Å²) in [6.07, 6.45) is 0.976. The Morgan fingerprint density at radius 1 is 1.31 bits per heavy atom. The highest BCUT2D eigenvalue weighted by atomic mass is 16.2. The Kier molecular flexibility index (Phi) is 6.85. The molecule has 1 unspecified atom stereocenters. The second kappa shape index (κ2) is 9.10. The van der Waals surface area contributed by atoms with Crippen molar-refractivity contribution in [1.82, 2.24) is 10.2 Å². The van der Waals surface area contributed by atoms with E-state index in [-0.39, 0.29) is 12.8 Å². The number of nitrogens with one attached hydrogen (secondary N) is 1. The third-order valence-electron chi connectivity index (χ3n) is 4.50. The maximum atomic E-state index is 12.9. The number of hydrogen-bond donors (Lipinski definition) is 2. The minimum atomic E-state index is -1.15. The number of rotatable bonds is 8. The van der Waals surface area contributed by atoms with Crippen LogP contribution >= 0.6 is 0 Å². The van der Waals surface area contributed by atoms with E-state index in [0.717, 1.165) is 36.8 Å². The monoisotopic (exact) mass is 360 g/mol. The molecule has 1 aromatic rings. The Hall–Kier alpha value is -2.74. The summed E-state index contributed by atoms with van der Waals surface area (Å²) in [6.45, 7) is 5.11. The molecule has 0 aliphatic carbocycles. The van der Waals surface area contributed by atoms with Crippen LogP contribution in [0.3, 0.4) is 0 Å². The zero-order chi connectivity index (χ0) is 19.1. The fourth-order valence-corrected chi connectivity index (χ4v) is 3.01. The van der Waals surface area contributed by atoms with Crippen molar-refractivity contribution in [1.29, 1.82) is 0 Å². The molecular formula is C18H24N4O4. The second-order valence-corrected chi connectivity index (χ2v) is 6.22. The van der Waals surface area contributed by atoms with Crippen LogP contribution in [-0.4, -0.2) is 61.6 Å². The molecule has 0 radical (unpaired) electrons. The number of nitrogens with two attached hydrogens (primary N) is 1. The predicted molar refractivity (Wildman–Crippen MR) is 96.8 cm³/mol. The molecule has 140 valence electrons. The summed E-state index contributed by atoms with van der Waals surface area (Å²) in [5.41, 5.74) is 7.25. The lowest BCUT2D eigenvalue weighted by molar-refractivity contribution is -0.129. The molecule has 26 heavy (non-hydrogen) atoms. The number of anilines is 1. The van der Waals surface area contributed by atoms with Gasteiger partial charge in [-0.25, -0.2) is 0 Å². The van der Waals surface area contributed by atoms with Crippen LogP contribution in [0.1, 0.15) is 28.8 Å². The number of aldehydes is 1. The lowest BCUT2D eigenvalue weighted by atomic mass is 10.0. The summed E-state index contributed by atoms with van der Waals surface area (Å²) in [6, 6.07) is 4.34. The number of hydrogen-bond acceptors (Lipinski definition) is 6. The zero-order valence-corrected chi connectivity index (χ0v) is 14.8. The average molecular weight is 360 g/mol. The number of benzene rings is 1. The Bertz CT molecular complexity index is 686. The van der Waals surface area contributed by atoms with Crippen molar-refractivity contribution >= 4 is 30.2 Å². The summed E-state index contributed by atoms with van der Waals surface area (Å²) in [4.78, 5) is 49.6. The molecule has 1 heterocycles. The van der Waals surface area contributed by atoms with Gasteiger partial charge in [-0.15, -0.1) is 0 Å². The van der Waals surface area contributed by atoms with Gasteiger partial charge in [-0.1, -0.05) is 6.07 Å². The molecule has 8 heteroatoms. The molecule has 0 saturated carbocycles. The zero-order valence-electron chi connectivity index (χ0n) is 14.8. The maximum Gasteiger partial charge on any atom is 0.261 e. The maximum absolute atomic E-state index is 12.9. The molecule has 1 fully saturated rings. The first-order chi connectivity index (χ1) is 12.5. The van der Waals surface area contributed by atoms with E-state index in [1.54, 1.807) is 13.0 Å². The van der Waals surface area contributed by atoms with Crippen molar-refractivity contribution in [3.05, 3.63) is 29.3 Å². The van der Waals surface area contributed by atoms with Crippen molar-refractivity contribution < 1.29 is 19.2 Å². The quantitative estimate of drug-likeness (QED) is 0.623. The van der Waals surface area contributed by atoms with E-state index in [1.165, 1.54) is 0 Å². The Balaban J connectivity index is 2.31. The minimum Gasteiger partial charge on any atom is -0.369 e. The lowest BCUT2D eigenvalue weighted by Gasteiger charge is -2.30. The van der Waals surface area contributed by atoms with E-state index >= 15 is 0 Å². The number of aryl methyl sites for hydroxylation is 1. The largest absolute Gasteiger partial charge is 0.369 e. The van der Waals surface area contributed by atoms with Gasteiger partial charge in [0.2, 0.25) is 12.3 Å². The third kappa shape index (κ3) is 4.45. The van der Waals surface area contributed by atoms with Crippen LogP contribution in [0, 0.1) is 6.92 Å². The van der Waals surface area contributed by atoms with E-state index in [9.17, 15) is 19.2 Å². The smallest absolute Gasteiger partial charge is 0.261 e. The van der Waals surface area contributed by atoms with Gasteiger partial charge in [0.15, 0.2) is 0 Å².